The Morgan fingerprint density at radius 3 is 2.68 bits per heavy atom. The fourth-order valence-corrected chi connectivity index (χ4v) is 2.71. The highest BCUT2D eigenvalue weighted by Gasteiger charge is 2.15. The van der Waals surface area contributed by atoms with Gasteiger partial charge in [-0.15, -0.1) is 10.2 Å². The molecule has 0 unspecified atom stereocenters. The molecule has 0 aliphatic rings. The molecule has 0 atom stereocenters. The van der Waals surface area contributed by atoms with E-state index in [0.29, 0.717) is 17.2 Å². The van der Waals surface area contributed by atoms with Crippen molar-refractivity contribution in [3.05, 3.63) is 51.9 Å². The normalized spacial score (nSPS) is 10.9. The van der Waals surface area contributed by atoms with E-state index in [1.807, 2.05) is 25.1 Å². The number of benzene rings is 1. The summed E-state index contributed by atoms with van der Waals surface area (Å²) >= 11 is 3.41. The molecular formula is C15H13BrN4O2. The van der Waals surface area contributed by atoms with E-state index in [9.17, 15) is 9.90 Å². The summed E-state index contributed by atoms with van der Waals surface area (Å²) in [6, 6.07) is 7.44. The number of pyridine rings is 1. The number of halogens is 1. The molecule has 0 bridgehead atoms. The SMILES string of the molecule is Cc1cc(Br)ccc1Nc1cc2nnc(C)n2cc1C(=O)O. The second-order valence-electron chi connectivity index (χ2n) is 4.97. The number of carbonyl (C=O) groups is 1. The van der Waals surface area contributed by atoms with E-state index in [-0.39, 0.29) is 5.56 Å². The molecular weight excluding hydrogens is 348 g/mol. The quantitative estimate of drug-likeness (QED) is 0.746. The molecule has 112 valence electrons. The summed E-state index contributed by atoms with van der Waals surface area (Å²) in [5.41, 5.74) is 3.09. The molecule has 0 amide bonds. The van der Waals surface area contributed by atoms with E-state index in [4.69, 9.17) is 0 Å². The number of aromatic carboxylic acids is 1. The fraction of sp³-hybridized carbons (Fsp3) is 0.133. The average molecular weight is 361 g/mol. The molecule has 0 spiro atoms. The number of hydrogen-bond acceptors (Lipinski definition) is 4. The Kier molecular flexibility index (Phi) is 3.58. The van der Waals surface area contributed by atoms with Crippen LogP contribution in [0.2, 0.25) is 0 Å². The van der Waals surface area contributed by atoms with Gasteiger partial charge in [0, 0.05) is 22.4 Å². The van der Waals surface area contributed by atoms with Crippen molar-refractivity contribution in [1.29, 1.82) is 0 Å². The van der Waals surface area contributed by atoms with Crippen LogP contribution in [0.3, 0.4) is 0 Å². The van der Waals surface area contributed by atoms with Crippen LogP contribution >= 0.6 is 15.9 Å². The van der Waals surface area contributed by atoms with Crippen LogP contribution in [0.4, 0.5) is 11.4 Å². The van der Waals surface area contributed by atoms with E-state index in [0.717, 1.165) is 15.7 Å². The van der Waals surface area contributed by atoms with Crippen molar-refractivity contribution in [2.75, 3.05) is 5.32 Å². The molecule has 2 N–H and O–H groups in total. The zero-order valence-electron chi connectivity index (χ0n) is 12.0. The highest BCUT2D eigenvalue weighted by molar-refractivity contribution is 9.10. The highest BCUT2D eigenvalue weighted by Crippen LogP contribution is 2.27. The van der Waals surface area contributed by atoms with Crippen molar-refractivity contribution in [3.8, 4) is 0 Å². The first-order valence-electron chi connectivity index (χ1n) is 6.57. The predicted octanol–water partition coefficient (Wildman–Crippen LogP) is 3.55. The summed E-state index contributed by atoms with van der Waals surface area (Å²) in [7, 11) is 0. The number of fused-ring (bicyclic) bond motifs is 1. The first-order chi connectivity index (χ1) is 10.5. The first-order valence-corrected chi connectivity index (χ1v) is 7.37. The Morgan fingerprint density at radius 2 is 2.00 bits per heavy atom. The van der Waals surface area contributed by atoms with Crippen LogP contribution in [0.15, 0.2) is 34.9 Å². The number of anilines is 2. The molecule has 0 fully saturated rings. The van der Waals surface area contributed by atoms with Gasteiger partial charge in [0.1, 0.15) is 5.82 Å². The Hall–Kier alpha value is -2.41. The summed E-state index contributed by atoms with van der Waals surface area (Å²) < 4.78 is 2.63. The van der Waals surface area contributed by atoms with Crippen LogP contribution in [-0.4, -0.2) is 25.7 Å². The second-order valence-corrected chi connectivity index (χ2v) is 5.88. The zero-order chi connectivity index (χ0) is 15.9. The molecule has 0 aliphatic carbocycles. The van der Waals surface area contributed by atoms with Crippen LogP contribution in [0.25, 0.3) is 5.65 Å². The van der Waals surface area contributed by atoms with Crippen molar-refractivity contribution in [2.45, 2.75) is 13.8 Å². The number of carboxylic acid groups (broad SMARTS) is 1. The maximum atomic E-state index is 11.5. The number of carboxylic acids is 1. The van der Waals surface area contributed by atoms with Crippen LogP contribution in [0.1, 0.15) is 21.7 Å². The Labute approximate surface area is 134 Å². The van der Waals surface area contributed by atoms with Gasteiger partial charge < -0.3 is 10.4 Å². The van der Waals surface area contributed by atoms with Gasteiger partial charge in [0.15, 0.2) is 5.65 Å². The molecule has 0 aliphatic heterocycles. The van der Waals surface area contributed by atoms with Gasteiger partial charge in [0.25, 0.3) is 0 Å². The summed E-state index contributed by atoms with van der Waals surface area (Å²) in [5.74, 6) is -0.365. The Morgan fingerprint density at radius 1 is 1.23 bits per heavy atom. The minimum atomic E-state index is -1.01. The highest BCUT2D eigenvalue weighted by atomic mass is 79.9. The van der Waals surface area contributed by atoms with Crippen molar-refractivity contribution < 1.29 is 9.90 Å². The van der Waals surface area contributed by atoms with E-state index < -0.39 is 5.97 Å². The molecule has 2 aromatic heterocycles. The van der Waals surface area contributed by atoms with Crippen LogP contribution in [0, 0.1) is 13.8 Å². The standard InChI is InChI=1S/C15H13BrN4O2/c1-8-5-10(16)3-4-12(8)17-13-6-14-19-18-9(2)20(14)7-11(13)15(21)22/h3-7,17H,1-2H3,(H,21,22). The Balaban J connectivity index is 2.12. The zero-order valence-corrected chi connectivity index (χ0v) is 13.5. The van der Waals surface area contributed by atoms with Gasteiger partial charge in [-0.3, -0.25) is 4.40 Å². The minimum absolute atomic E-state index is 0.165. The average Bonchev–Trinajstić information content (AvgIpc) is 2.82. The van der Waals surface area contributed by atoms with Gasteiger partial charge in [0.05, 0.1) is 11.3 Å². The molecule has 2 heterocycles. The maximum absolute atomic E-state index is 11.5. The molecule has 0 radical (unpaired) electrons. The van der Waals surface area contributed by atoms with Gasteiger partial charge in [-0.2, -0.15) is 0 Å². The first kappa shape index (κ1) is 14.5. The molecule has 6 nitrogen and oxygen atoms in total. The molecule has 1 aromatic carbocycles. The number of aromatic nitrogens is 3. The van der Waals surface area contributed by atoms with Gasteiger partial charge in [-0.05, 0) is 37.6 Å². The molecule has 0 saturated carbocycles. The second kappa shape index (κ2) is 5.42. The number of hydrogen-bond donors (Lipinski definition) is 2. The van der Waals surface area contributed by atoms with Gasteiger partial charge in [0.2, 0.25) is 0 Å². The van der Waals surface area contributed by atoms with Crippen molar-refractivity contribution in [2.24, 2.45) is 0 Å². The van der Waals surface area contributed by atoms with Gasteiger partial charge >= 0.3 is 5.97 Å². The molecule has 0 saturated heterocycles. The summed E-state index contributed by atoms with van der Waals surface area (Å²) in [6.45, 7) is 3.73. The fourth-order valence-electron chi connectivity index (χ4n) is 2.24. The molecule has 7 heteroatoms. The van der Waals surface area contributed by atoms with Gasteiger partial charge in [-0.1, -0.05) is 15.9 Å². The third kappa shape index (κ3) is 2.55. The monoisotopic (exact) mass is 360 g/mol. The molecule has 22 heavy (non-hydrogen) atoms. The van der Waals surface area contributed by atoms with E-state index in [1.165, 1.54) is 6.20 Å². The summed E-state index contributed by atoms with van der Waals surface area (Å²) in [6.07, 6.45) is 1.53. The van der Waals surface area contributed by atoms with Gasteiger partial charge in [-0.25, -0.2) is 4.79 Å². The lowest BCUT2D eigenvalue weighted by molar-refractivity contribution is 0.0697. The third-order valence-electron chi connectivity index (χ3n) is 3.40. The maximum Gasteiger partial charge on any atom is 0.339 e. The third-order valence-corrected chi connectivity index (χ3v) is 3.90. The molecule has 3 aromatic rings. The van der Waals surface area contributed by atoms with E-state index in [2.05, 4.69) is 31.4 Å². The lowest BCUT2D eigenvalue weighted by atomic mass is 10.1. The lowest BCUT2D eigenvalue weighted by Crippen LogP contribution is -2.06. The van der Waals surface area contributed by atoms with Crippen molar-refractivity contribution >= 4 is 38.9 Å². The molecule has 3 rings (SSSR count). The number of rotatable bonds is 3. The predicted molar refractivity (Wildman–Crippen MR) is 86.8 cm³/mol. The summed E-state index contributed by atoms with van der Waals surface area (Å²) in [4.78, 5) is 11.5. The van der Waals surface area contributed by atoms with E-state index >= 15 is 0 Å². The van der Waals surface area contributed by atoms with Crippen LogP contribution in [0.5, 0.6) is 0 Å². The number of nitrogens with one attached hydrogen (secondary N) is 1. The van der Waals surface area contributed by atoms with Crippen LogP contribution < -0.4 is 5.32 Å². The topological polar surface area (TPSA) is 79.5 Å². The lowest BCUT2D eigenvalue weighted by Gasteiger charge is -2.13. The number of aryl methyl sites for hydroxylation is 2. The van der Waals surface area contributed by atoms with E-state index in [1.54, 1.807) is 17.4 Å². The Bertz CT molecular complexity index is 889. The largest absolute Gasteiger partial charge is 0.478 e. The minimum Gasteiger partial charge on any atom is -0.478 e. The van der Waals surface area contributed by atoms with Crippen molar-refractivity contribution in [3.63, 3.8) is 0 Å². The van der Waals surface area contributed by atoms with Crippen molar-refractivity contribution in [1.82, 2.24) is 14.6 Å². The van der Waals surface area contributed by atoms with Crippen LogP contribution in [-0.2, 0) is 0 Å². The summed E-state index contributed by atoms with van der Waals surface area (Å²) in [5, 5.41) is 20.6. The number of nitrogens with zero attached hydrogens (tertiary/aromatic N) is 3. The smallest absolute Gasteiger partial charge is 0.339 e.